The molecule has 142 valence electrons. The van der Waals surface area contributed by atoms with Crippen molar-refractivity contribution in [3.05, 3.63) is 36.6 Å². The van der Waals surface area contributed by atoms with Crippen LogP contribution in [0.2, 0.25) is 0 Å². The summed E-state index contributed by atoms with van der Waals surface area (Å²) in [6, 6.07) is -0.355. The molecule has 1 aliphatic heterocycles. The number of aryl methyl sites for hydroxylation is 1. The Morgan fingerprint density at radius 1 is 1.22 bits per heavy atom. The Hall–Kier alpha value is -2.98. The minimum absolute atomic E-state index is 0.221. The maximum atomic E-state index is 12.9. The fourth-order valence-corrected chi connectivity index (χ4v) is 3.32. The summed E-state index contributed by atoms with van der Waals surface area (Å²) < 4.78 is 42.2. The van der Waals surface area contributed by atoms with E-state index in [-0.39, 0.29) is 12.6 Å². The molecular formula is C16H17F3N8. The smallest absolute Gasteiger partial charge is 0.344 e. The summed E-state index contributed by atoms with van der Waals surface area (Å²) in [5.74, 6) is 2.01. The lowest BCUT2D eigenvalue weighted by Crippen LogP contribution is -2.38. The van der Waals surface area contributed by atoms with Gasteiger partial charge in [-0.3, -0.25) is 9.13 Å². The predicted octanol–water partition coefficient (Wildman–Crippen LogP) is 2.77. The molecule has 0 aromatic carbocycles. The maximum Gasteiger partial charge on any atom is 0.390 e. The number of fused-ring (bicyclic) bond motifs is 3. The third kappa shape index (κ3) is 3.02. The first kappa shape index (κ1) is 17.4. The quantitative estimate of drug-likeness (QED) is 0.695. The molecule has 0 bridgehead atoms. The molecule has 8 nitrogen and oxygen atoms in total. The van der Waals surface area contributed by atoms with Crippen molar-refractivity contribution in [2.75, 3.05) is 11.4 Å². The number of nitrogens with zero attached hydrogens (tertiary/aromatic N) is 8. The van der Waals surface area contributed by atoms with Crippen LogP contribution in [0.1, 0.15) is 37.5 Å². The molecule has 0 saturated heterocycles. The topological polar surface area (TPSA) is 77.5 Å². The van der Waals surface area contributed by atoms with Crippen molar-refractivity contribution in [3.8, 4) is 11.6 Å². The van der Waals surface area contributed by atoms with Gasteiger partial charge >= 0.3 is 6.18 Å². The molecule has 1 aliphatic rings. The van der Waals surface area contributed by atoms with E-state index in [9.17, 15) is 13.2 Å². The van der Waals surface area contributed by atoms with Crippen LogP contribution < -0.4 is 4.90 Å². The summed E-state index contributed by atoms with van der Waals surface area (Å²) in [6.45, 7) is 3.48. The Morgan fingerprint density at radius 3 is 2.70 bits per heavy atom. The monoisotopic (exact) mass is 378 g/mol. The molecule has 11 heteroatoms. The zero-order valence-electron chi connectivity index (χ0n) is 14.7. The maximum absolute atomic E-state index is 12.9. The van der Waals surface area contributed by atoms with Gasteiger partial charge in [-0.1, -0.05) is 6.92 Å². The standard InChI is InChI=1S/C16H17F3N8/c1-3-11-14-24-23-10(2)27(14)12-8-21-15(25-7-5-20-9-25)22-13(12)26(11)6-4-16(17,18)19/h5,7-9,11H,3-4,6H2,1-2H3/t11-/m0/s1. The zero-order chi connectivity index (χ0) is 19.2. The Morgan fingerprint density at radius 2 is 2.04 bits per heavy atom. The fourth-order valence-electron chi connectivity index (χ4n) is 3.32. The van der Waals surface area contributed by atoms with Crippen molar-refractivity contribution in [3.63, 3.8) is 0 Å². The molecule has 0 aliphatic carbocycles. The Bertz CT molecular complexity index is 947. The van der Waals surface area contributed by atoms with Crippen LogP contribution in [0, 0.1) is 6.92 Å². The molecule has 3 aromatic rings. The summed E-state index contributed by atoms with van der Waals surface area (Å²) in [6.07, 6.45) is 1.75. The van der Waals surface area contributed by atoms with E-state index in [1.54, 1.807) is 35.0 Å². The molecule has 0 fully saturated rings. The van der Waals surface area contributed by atoms with Crippen molar-refractivity contribution >= 4 is 5.82 Å². The van der Waals surface area contributed by atoms with E-state index in [2.05, 4.69) is 25.1 Å². The molecule has 1 atom stereocenters. The first-order valence-corrected chi connectivity index (χ1v) is 8.50. The molecule has 0 N–H and O–H groups in total. The molecule has 0 amide bonds. The summed E-state index contributed by atoms with van der Waals surface area (Å²) >= 11 is 0. The van der Waals surface area contributed by atoms with Crippen LogP contribution in [0.4, 0.5) is 19.0 Å². The van der Waals surface area contributed by atoms with Crippen LogP contribution in [-0.4, -0.2) is 47.0 Å². The van der Waals surface area contributed by atoms with Crippen molar-refractivity contribution in [1.29, 1.82) is 0 Å². The van der Waals surface area contributed by atoms with Gasteiger partial charge < -0.3 is 4.90 Å². The molecule has 27 heavy (non-hydrogen) atoms. The van der Waals surface area contributed by atoms with Gasteiger partial charge in [-0.2, -0.15) is 18.2 Å². The lowest BCUT2D eigenvalue weighted by Gasteiger charge is -2.37. The van der Waals surface area contributed by atoms with Crippen LogP contribution in [0.15, 0.2) is 24.9 Å². The number of alkyl halides is 3. The highest BCUT2D eigenvalue weighted by Crippen LogP contribution is 2.39. The number of hydrogen-bond acceptors (Lipinski definition) is 6. The van der Waals surface area contributed by atoms with Crippen LogP contribution >= 0.6 is 0 Å². The van der Waals surface area contributed by atoms with E-state index in [0.717, 1.165) is 0 Å². The molecule has 4 rings (SSSR count). The van der Waals surface area contributed by atoms with E-state index in [1.165, 1.54) is 6.33 Å². The van der Waals surface area contributed by atoms with E-state index in [1.807, 2.05) is 11.5 Å². The number of hydrogen-bond donors (Lipinski definition) is 0. The van der Waals surface area contributed by atoms with Gasteiger partial charge in [0.15, 0.2) is 11.6 Å². The van der Waals surface area contributed by atoms with Gasteiger partial charge in [0.05, 0.1) is 18.7 Å². The van der Waals surface area contributed by atoms with Gasteiger partial charge in [-0.15, -0.1) is 10.2 Å². The summed E-state index contributed by atoms with van der Waals surface area (Å²) in [5.41, 5.74) is 0.572. The van der Waals surface area contributed by atoms with E-state index in [4.69, 9.17) is 0 Å². The van der Waals surface area contributed by atoms with Gasteiger partial charge in [0.1, 0.15) is 17.8 Å². The Kier molecular flexibility index (Phi) is 4.08. The van der Waals surface area contributed by atoms with Crippen molar-refractivity contribution in [2.24, 2.45) is 0 Å². The second-order valence-electron chi connectivity index (χ2n) is 6.27. The molecule has 0 spiro atoms. The first-order valence-electron chi connectivity index (χ1n) is 8.50. The highest BCUT2D eigenvalue weighted by Gasteiger charge is 2.37. The molecule has 3 aromatic heterocycles. The second kappa shape index (κ2) is 6.32. The second-order valence-corrected chi connectivity index (χ2v) is 6.27. The van der Waals surface area contributed by atoms with Crippen molar-refractivity contribution in [1.82, 2.24) is 34.3 Å². The van der Waals surface area contributed by atoms with Gasteiger partial charge in [0, 0.05) is 18.9 Å². The molecule has 0 radical (unpaired) electrons. The van der Waals surface area contributed by atoms with Crippen LogP contribution in [-0.2, 0) is 0 Å². The normalized spacial score (nSPS) is 16.3. The first-order chi connectivity index (χ1) is 12.9. The molecule has 4 heterocycles. The van der Waals surface area contributed by atoms with Crippen LogP contribution in [0.3, 0.4) is 0 Å². The van der Waals surface area contributed by atoms with Crippen LogP contribution in [0.5, 0.6) is 0 Å². The van der Waals surface area contributed by atoms with E-state index < -0.39 is 12.6 Å². The summed E-state index contributed by atoms with van der Waals surface area (Å²) in [7, 11) is 0. The van der Waals surface area contributed by atoms with Gasteiger partial charge in [0.2, 0.25) is 5.95 Å². The lowest BCUT2D eigenvalue weighted by molar-refractivity contribution is -0.132. The van der Waals surface area contributed by atoms with Gasteiger partial charge in [-0.05, 0) is 13.3 Å². The Balaban J connectivity index is 1.86. The summed E-state index contributed by atoms with van der Waals surface area (Å²) in [4.78, 5) is 14.5. The fraction of sp³-hybridized carbons (Fsp3) is 0.438. The highest BCUT2D eigenvalue weighted by atomic mass is 19.4. The average molecular weight is 378 g/mol. The summed E-state index contributed by atoms with van der Waals surface area (Å²) in [5, 5.41) is 8.30. The predicted molar refractivity (Wildman–Crippen MR) is 89.9 cm³/mol. The largest absolute Gasteiger partial charge is 0.390 e. The SMILES string of the molecule is CC[C@H]1c2nnc(C)n2-c2cnc(-n3ccnc3)nc2N1CCC(F)(F)F. The van der Waals surface area contributed by atoms with Crippen LogP contribution in [0.25, 0.3) is 11.6 Å². The number of aromatic nitrogens is 7. The number of anilines is 1. The van der Waals surface area contributed by atoms with Gasteiger partial charge in [0.25, 0.3) is 0 Å². The highest BCUT2D eigenvalue weighted by molar-refractivity contribution is 5.62. The minimum atomic E-state index is -4.26. The molecule has 0 unspecified atom stereocenters. The van der Waals surface area contributed by atoms with E-state index >= 15 is 0 Å². The average Bonchev–Trinajstić information content (AvgIpc) is 3.28. The Labute approximate surface area is 152 Å². The number of rotatable bonds is 4. The molecular weight excluding hydrogens is 361 g/mol. The number of imidazole rings is 1. The number of halogens is 3. The molecule has 0 saturated carbocycles. The van der Waals surface area contributed by atoms with Crippen molar-refractivity contribution < 1.29 is 13.2 Å². The zero-order valence-corrected chi connectivity index (χ0v) is 14.7. The third-order valence-electron chi connectivity index (χ3n) is 4.53. The van der Waals surface area contributed by atoms with E-state index in [0.29, 0.717) is 35.5 Å². The lowest BCUT2D eigenvalue weighted by atomic mass is 10.1. The van der Waals surface area contributed by atoms with Gasteiger partial charge in [-0.25, -0.2) is 9.97 Å². The van der Waals surface area contributed by atoms with Crippen molar-refractivity contribution in [2.45, 2.75) is 38.9 Å². The third-order valence-corrected chi connectivity index (χ3v) is 4.53. The minimum Gasteiger partial charge on any atom is -0.344 e.